The number of rotatable bonds is 9. The van der Waals surface area contributed by atoms with E-state index in [1.165, 1.54) is 16.7 Å². The van der Waals surface area contributed by atoms with E-state index >= 15 is 0 Å². The van der Waals surface area contributed by atoms with Crippen LogP contribution in [0.5, 0.6) is 0 Å². The summed E-state index contributed by atoms with van der Waals surface area (Å²) in [5, 5.41) is 15.1. The van der Waals surface area contributed by atoms with Crippen LogP contribution in [0.15, 0.2) is 30.3 Å². The zero-order chi connectivity index (χ0) is 21.7. The van der Waals surface area contributed by atoms with Gasteiger partial charge in [0.25, 0.3) is 0 Å². The molecule has 5 N–H and O–H groups in total. The molecule has 4 atom stereocenters. The van der Waals surface area contributed by atoms with Crippen LogP contribution in [0.1, 0.15) is 24.8 Å². The van der Waals surface area contributed by atoms with Crippen LogP contribution in [0.3, 0.4) is 0 Å². The van der Waals surface area contributed by atoms with Gasteiger partial charge in [0.05, 0.1) is 23.9 Å². The zero-order valence-corrected chi connectivity index (χ0v) is 17.3. The van der Waals surface area contributed by atoms with Crippen molar-refractivity contribution in [3.8, 4) is 0 Å². The van der Waals surface area contributed by atoms with Crippen molar-refractivity contribution < 1.29 is 24.3 Å². The predicted molar refractivity (Wildman–Crippen MR) is 111 cm³/mol. The molecule has 0 bridgehead atoms. The Hall–Kier alpha value is -2.59. The van der Waals surface area contributed by atoms with E-state index < -0.39 is 29.2 Å². The lowest BCUT2D eigenvalue weighted by Gasteiger charge is -2.30. The summed E-state index contributed by atoms with van der Waals surface area (Å²) in [6, 6.07) is 8.45. The summed E-state index contributed by atoms with van der Waals surface area (Å²) in [6.45, 7) is 0.669. The number of carbonyl (C=O) groups is 4. The lowest BCUT2D eigenvalue weighted by atomic mass is 9.95. The van der Waals surface area contributed by atoms with E-state index in [-0.39, 0.29) is 43.0 Å². The molecule has 1 aromatic rings. The second-order valence-corrected chi connectivity index (χ2v) is 8.76. The number of primary amides is 1. The maximum atomic E-state index is 12.7. The smallest absolute Gasteiger partial charge is 0.315 e. The normalized spacial score (nSPS) is 23.6. The lowest BCUT2D eigenvalue weighted by Crippen LogP contribution is -2.54. The Bertz CT molecular complexity index is 806. The molecule has 3 rings (SSSR count). The minimum absolute atomic E-state index is 0.0781. The van der Waals surface area contributed by atoms with Crippen LogP contribution in [0.25, 0.3) is 0 Å². The first-order valence-electron chi connectivity index (χ1n) is 9.86. The van der Waals surface area contributed by atoms with Gasteiger partial charge in [0, 0.05) is 24.6 Å². The van der Waals surface area contributed by atoms with Gasteiger partial charge < -0.3 is 21.5 Å². The quantitative estimate of drug-likeness (QED) is 0.402. The molecule has 2 unspecified atom stereocenters. The fourth-order valence-corrected chi connectivity index (χ4v) is 4.89. The molecule has 0 aromatic heterocycles. The predicted octanol–water partition coefficient (Wildman–Crippen LogP) is -0.0287. The Balaban J connectivity index is 1.54. The molecule has 0 aliphatic carbocycles. The standard InChI is InChI=1S/C20H26N4O5S/c21-18(27)13(8-15(25)14-6-7-22-20(29)23-14)11-30-16-9-17(26)24(19(16)28)10-12-4-2-1-3-5-12/h1-5,13-16,25H,6-11H2,(H2,21,27)(H2,22,23,29)/t13-,14-,15?,16?/m0/s1. The van der Waals surface area contributed by atoms with Gasteiger partial charge in [-0.15, -0.1) is 11.8 Å². The minimum atomic E-state index is -0.926. The summed E-state index contributed by atoms with van der Waals surface area (Å²) in [6.07, 6.45) is -0.232. The maximum absolute atomic E-state index is 12.7. The number of imide groups is 1. The van der Waals surface area contributed by atoms with Crippen LogP contribution in [0, 0.1) is 5.92 Å². The second kappa shape index (κ2) is 9.94. The van der Waals surface area contributed by atoms with Gasteiger partial charge in [-0.2, -0.15) is 0 Å². The van der Waals surface area contributed by atoms with Gasteiger partial charge in [-0.1, -0.05) is 30.3 Å². The van der Waals surface area contributed by atoms with E-state index in [0.717, 1.165) is 5.56 Å². The third-order valence-electron chi connectivity index (χ3n) is 5.33. The zero-order valence-electron chi connectivity index (χ0n) is 16.5. The van der Waals surface area contributed by atoms with Crippen molar-refractivity contribution in [1.82, 2.24) is 15.5 Å². The second-order valence-electron chi connectivity index (χ2n) is 7.53. The van der Waals surface area contributed by atoms with Gasteiger partial charge >= 0.3 is 6.03 Å². The van der Waals surface area contributed by atoms with Gasteiger partial charge in [0.2, 0.25) is 17.7 Å². The summed E-state index contributed by atoms with van der Waals surface area (Å²) in [7, 11) is 0. The van der Waals surface area contributed by atoms with Crippen LogP contribution in [-0.2, 0) is 20.9 Å². The number of hydrogen-bond acceptors (Lipinski definition) is 6. The van der Waals surface area contributed by atoms with Crippen LogP contribution in [-0.4, -0.2) is 63.5 Å². The summed E-state index contributed by atoms with van der Waals surface area (Å²) in [5.41, 5.74) is 6.36. The van der Waals surface area contributed by atoms with Crippen LogP contribution in [0.4, 0.5) is 4.79 Å². The number of urea groups is 1. The summed E-state index contributed by atoms with van der Waals surface area (Å²) >= 11 is 1.21. The topological polar surface area (TPSA) is 142 Å². The monoisotopic (exact) mass is 434 g/mol. The first-order valence-corrected chi connectivity index (χ1v) is 10.9. The van der Waals surface area contributed by atoms with Crippen molar-refractivity contribution in [2.24, 2.45) is 11.7 Å². The molecular weight excluding hydrogens is 408 g/mol. The van der Waals surface area contributed by atoms with E-state index in [1.807, 2.05) is 30.3 Å². The third kappa shape index (κ3) is 5.51. The average Bonchev–Trinajstić information content (AvgIpc) is 2.99. The SMILES string of the molecule is NC(=O)[C@H](CSC1CC(=O)N(Cc2ccccc2)C1=O)CC(O)[C@@H]1CCNC(=O)N1. The molecule has 0 spiro atoms. The van der Waals surface area contributed by atoms with Gasteiger partial charge in [0.15, 0.2) is 0 Å². The molecule has 0 radical (unpaired) electrons. The Morgan fingerprint density at radius 2 is 2.00 bits per heavy atom. The Kier molecular flexibility index (Phi) is 7.33. The molecule has 2 aliphatic rings. The number of thioether (sulfide) groups is 1. The van der Waals surface area contributed by atoms with E-state index in [1.54, 1.807) is 0 Å². The van der Waals surface area contributed by atoms with Gasteiger partial charge in [-0.3, -0.25) is 19.3 Å². The fourth-order valence-electron chi connectivity index (χ4n) is 3.59. The maximum Gasteiger partial charge on any atom is 0.315 e. The van der Waals surface area contributed by atoms with Crippen LogP contribution >= 0.6 is 11.8 Å². The van der Waals surface area contributed by atoms with E-state index in [2.05, 4.69) is 10.6 Å². The van der Waals surface area contributed by atoms with E-state index in [4.69, 9.17) is 5.73 Å². The lowest BCUT2D eigenvalue weighted by molar-refractivity contribution is -0.139. The summed E-state index contributed by atoms with van der Waals surface area (Å²) < 4.78 is 0. The number of aliphatic hydroxyl groups excluding tert-OH is 1. The van der Waals surface area contributed by atoms with Crippen molar-refractivity contribution in [3.05, 3.63) is 35.9 Å². The molecule has 2 aliphatic heterocycles. The number of nitrogens with one attached hydrogen (secondary N) is 2. The number of benzene rings is 1. The van der Waals surface area contributed by atoms with Crippen molar-refractivity contribution >= 4 is 35.5 Å². The van der Waals surface area contributed by atoms with Gasteiger partial charge in [-0.05, 0) is 18.4 Å². The third-order valence-corrected chi connectivity index (χ3v) is 6.70. The Morgan fingerprint density at radius 1 is 1.27 bits per heavy atom. The summed E-state index contributed by atoms with van der Waals surface area (Å²) in [5.74, 6) is -1.56. The molecule has 0 saturated carbocycles. The molecule has 10 heteroatoms. The number of carbonyl (C=O) groups excluding carboxylic acids is 4. The highest BCUT2D eigenvalue weighted by Gasteiger charge is 2.39. The number of nitrogens with zero attached hydrogens (tertiary/aromatic N) is 1. The molecule has 2 fully saturated rings. The molecule has 30 heavy (non-hydrogen) atoms. The largest absolute Gasteiger partial charge is 0.391 e. The summed E-state index contributed by atoms with van der Waals surface area (Å²) in [4.78, 5) is 49.5. The molecular formula is C20H26N4O5S. The number of hydrogen-bond donors (Lipinski definition) is 4. The van der Waals surface area contributed by atoms with Crippen molar-refractivity contribution in [3.63, 3.8) is 0 Å². The van der Waals surface area contributed by atoms with Crippen molar-refractivity contribution in [1.29, 1.82) is 0 Å². The number of likely N-dealkylation sites (tertiary alicyclic amines) is 1. The van der Waals surface area contributed by atoms with Crippen molar-refractivity contribution in [2.75, 3.05) is 12.3 Å². The highest BCUT2D eigenvalue weighted by atomic mass is 32.2. The Labute approximate surface area is 178 Å². The van der Waals surface area contributed by atoms with E-state index in [0.29, 0.717) is 13.0 Å². The molecule has 2 heterocycles. The number of aliphatic hydroxyl groups is 1. The van der Waals surface area contributed by atoms with E-state index in [9.17, 15) is 24.3 Å². The van der Waals surface area contributed by atoms with Crippen LogP contribution in [0.2, 0.25) is 0 Å². The van der Waals surface area contributed by atoms with Crippen molar-refractivity contribution in [2.45, 2.75) is 43.2 Å². The minimum Gasteiger partial charge on any atom is -0.391 e. The Morgan fingerprint density at radius 3 is 2.67 bits per heavy atom. The first-order chi connectivity index (χ1) is 14.3. The molecule has 9 nitrogen and oxygen atoms in total. The molecule has 162 valence electrons. The highest BCUT2D eigenvalue weighted by molar-refractivity contribution is 8.00. The number of amides is 5. The molecule has 5 amide bonds. The fraction of sp³-hybridized carbons (Fsp3) is 0.500. The average molecular weight is 435 g/mol. The van der Waals surface area contributed by atoms with Gasteiger partial charge in [0.1, 0.15) is 0 Å². The highest BCUT2D eigenvalue weighted by Crippen LogP contribution is 2.29. The number of nitrogens with two attached hydrogens (primary N) is 1. The van der Waals surface area contributed by atoms with Crippen LogP contribution < -0.4 is 16.4 Å². The van der Waals surface area contributed by atoms with Gasteiger partial charge in [-0.25, -0.2) is 4.79 Å². The molecule has 2 saturated heterocycles. The molecule has 1 aromatic carbocycles. The first kappa shape index (κ1) is 22.1.